The monoisotopic (exact) mass is 390 g/mol. The van der Waals surface area contributed by atoms with Gasteiger partial charge in [-0.15, -0.1) is 0 Å². The summed E-state index contributed by atoms with van der Waals surface area (Å²) in [5.74, 6) is -1.27. The summed E-state index contributed by atoms with van der Waals surface area (Å²) in [7, 11) is 0. The zero-order valence-electron chi connectivity index (χ0n) is 15.9. The van der Waals surface area contributed by atoms with Crippen molar-refractivity contribution >= 4 is 0 Å². The van der Waals surface area contributed by atoms with Crippen molar-refractivity contribution in [3.63, 3.8) is 0 Å². The second kappa shape index (κ2) is 8.32. The summed E-state index contributed by atoms with van der Waals surface area (Å²) in [6.07, 6.45) is 5.30. The van der Waals surface area contributed by atoms with E-state index in [2.05, 4.69) is 15.4 Å². The van der Waals surface area contributed by atoms with Crippen LogP contribution in [0, 0.1) is 18.6 Å². The quantitative estimate of drug-likeness (QED) is 0.514. The summed E-state index contributed by atoms with van der Waals surface area (Å²) in [5.41, 5.74) is 5.09. The Morgan fingerprint density at radius 3 is 2.52 bits per heavy atom. The molecule has 0 saturated carbocycles. The zero-order chi connectivity index (χ0) is 20.2. The van der Waals surface area contributed by atoms with Gasteiger partial charge in [-0.05, 0) is 42.3 Å². The molecule has 2 aromatic carbocycles. The first-order chi connectivity index (χ1) is 14.1. The lowest BCUT2D eigenvalue weighted by Gasteiger charge is -2.07. The van der Waals surface area contributed by atoms with Crippen LogP contribution < -0.4 is 5.32 Å². The number of halogens is 2. The minimum atomic E-state index is -0.653. The highest BCUT2D eigenvalue weighted by atomic mass is 19.1. The second-order valence-electron chi connectivity index (χ2n) is 6.82. The van der Waals surface area contributed by atoms with Gasteiger partial charge in [0, 0.05) is 48.9 Å². The maximum Gasteiger partial charge on any atom is 0.151 e. The number of rotatable bonds is 6. The first-order valence-corrected chi connectivity index (χ1v) is 9.31. The molecule has 4 aromatic rings. The Bertz CT molecular complexity index is 1120. The smallest absolute Gasteiger partial charge is 0.151 e. The molecule has 146 valence electrons. The van der Waals surface area contributed by atoms with E-state index in [9.17, 15) is 8.78 Å². The number of aryl methyl sites for hydroxylation is 1. The van der Waals surface area contributed by atoms with E-state index in [1.807, 2.05) is 43.3 Å². The van der Waals surface area contributed by atoms with Crippen molar-refractivity contribution in [1.29, 1.82) is 0 Å². The Morgan fingerprint density at radius 1 is 0.966 bits per heavy atom. The first kappa shape index (κ1) is 19.0. The molecule has 0 spiro atoms. The average molecular weight is 390 g/mol. The van der Waals surface area contributed by atoms with Crippen LogP contribution >= 0.6 is 0 Å². The van der Waals surface area contributed by atoms with Crippen molar-refractivity contribution in [2.24, 2.45) is 0 Å². The molecule has 6 heteroatoms. The Labute approximate surface area is 167 Å². The Hall–Kier alpha value is -3.38. The van der Waals surface area contributed by atoms with Gasteiger partial charge in [-0.1, -0.05) is 24.3 Å². The van der Waals surface area contributed by atoms with E-state index in [1.165, 1.54) is 16.8 Å². The summed E-state index contributed by atoms with van der Waals surface area (Å²) in [5, 5.41) is 8.03. The topological polar surface area (TPSA) is 42.7 Å². The van der Waals surface area contributed by atoms with Gasteiger partial charge < -0.3 is 5.32 Å². The standard InChI is InChI=1S/C23H20F2N4/c1-16-4-2-3-5-20(16)23-18(14-27-13-17-8-10-26-11-9-17)15-29(28-23)22-7-6-19(24)12-21(22)25/h2-12,15,27H,13-14H2,1H3. The fourth-order valence-electron chi connectivity index (χ4n) is 3.24. The van der Waals surface area contributed by atoms with E-state index in [4.69, 9.17) is 0 Å². The lowest BCUT2D eigenvalue weighted by molar-refractivity contribution is 0.574. The van der Waals surface area contributed by atoms with E-state index < -0.39 is 11.6 Å². The van der Waals surface area contributed by atoms with Crippen molar-refractivity contribution < 1.29 is 8.78 Å². The van der Waals surface area contributed by atoms with Crippen molar-refractivity contribution in [1.82, 2.24) is 20.1 Å². The Morgan fingerprint density at radius 2 is 1.76 bits per heavy atom. The number of benzene rings is 2. The Balaban J connectivity index is 1.68. The second-order valence-corrected chi connectivity index (χ2v) is 6.82. The molecule has 0 atom stereocenters. The zero-order valence-corrected chi connectivity index (χ0v) is 15.9. The highest BCUT2D eigenvalue weighted by Gasteiger charge is 2.16. The van der Waals surface area contributed by atoms with Crippen LogP contribution in [0.5, 0.6) is 0 Å². The molecule has 0 aliphatic rings. The maximum atomic E-state index is 14.3. The third kappa shape index (κ3) is 4.22. The maximum absolute atomic E-state index is 14.3. The number of pyridine rings is 1. The summed E-state index contributed by atoms with van der Waals surface area (Å²) >= 11 is 0. The van der Waals surface area contributed by atoms with Crippen LogP contribution in [-0.4, -0.2) is 14.8 Å². The van der Waals surface area contributed by atoms with Gasteiger partial charge in [-0.25, -0.2) is 13.5 Å². The van der Waals surface area contributed by atoms with E-state index in [0.717, 1.165) is 34.0 Å². The van der Waals surface area contributed by atoms with Crippen molar-refractivity contribution in [3.05, 3.63) is 102 Å². The highest BCUT2D eigenvalue weighted by Crippen LogP contribution is 2.27. The number of nitrogens with zero attached hydrogens (tertiary/aromatic N) is 3. The lowest BCUT2D eigenvalue weighted by atomic mass is 10.0. The van der Waals surface area contributed by atoms with E-state index in [1.54, 1.807) is 18.6 Å². The fraction of sp³-hybridized carbons (Fsp3) is 0.130. The van der Waals surface area contributed by atoms with Gasteiger partial charge in [0.2, 0.25) is 0 Å². The van der Waals surface area contributed by atoms with Gasteiger partial charge in [0.05, 0.1) is 5.69 Å². The van der Waals surface area contributed by atoms with Gasteiger partial charge >= 0.3 is 0 Å². The molecule has 0 aliphatic heterocycles. The molecular weight excluding hydrogens is 370 g/mol. The van der Waals surface area contributed by atoms with Gasteiger partial charge in [-0.2, -0.15) is 5.10 Å². The molecular formula is C23H20F2N4. The fourth-order valence-corrected chi connectivity index (χ4v) is 3.24. The van der Waals surface area contributed by atoms with Crippen molar-refractivity contribution in [2.75, 3.05) is 0 Å². The third-order valence-corrected chi connectivity index (χ3v) is 4.74. The summed E-state index contributed by atoms with van der Waals surface area (Å²) in [6.45, 7) is 3.24. The number of hydrogen-bond donors (Lipinski definition) is 1. The lowest BCUT2D eigenvalue weighted by Crippen LogP contribution is -2.13. The van der Waals surface area contributed by atoms with Crippen LogP contribution in [0.25, 0.3) is 16.9 Å². The minimum absolute atomic E-state index is 0.210. The molecule has 0 amide bonds. The molecule has 29 heavy (non-hydrogen) atoms. The van der Waals surface area contributed by atoms with Crippen LogP contribution in [0.4, 0.5) is 8.78 Å². The number of aromatic nitrogens is 3. The first-order valence-electron chi connectivity index (χ1n) is 9.31. The predicted molar refractivity (Wildman–Crippen MR) is 108 cm³/mol. The number of nitrogens with one attached hydrogen (secondary N) is 1. The largest absolute Gasteiger partial charge is 0.308 e. The van der Waals surface area contributed by atoms with Crippen LogP contribution in [0.2, 0.25) is 0 Å². The minimum Gasteiger partial charge on any atom is -0.308 e. The average Bonchev–Trinajstić information content (AvgIpc) is 3.13. The molecule has 0 saturated heterocycles. The molecule has 4 rings (SSSR count). The van der Waals surface area contributed by atoms with Crippen molar-refractivity contribution in [3.8, 4) is 16.9 Å². The molecule has 0 radical (unpaired) electrons. The summed E-state index contributed by atoms with van der Waals surface area (Å²) in [4.78, 5) is 4.02. The van der Waals surface area contributed by atoms with Gasteiger partial charge in [-0.3, -0.25) is 4.98 Å². The molecule has 0 unspecified atom stereocenters. The number of hydrogen-bond acceptors (Lipinski definition) is 3. The Kier molecular flexibility index (Phi) is 5.44. The van der Waals surface area contributed by atoms with E-state index >= 15 is 0 Å². The molecule has 0 bridgehead atoms. The SMILES string of the molecule is Cc1ccccc1-c1nn(-c2ccc(F)cc2F)cc1CNCc1ccncc1. The molecule has 1 N–H and O–H groups in total. The summed E-state index contributed by atoms with van der Waals surface area (Å²) < 4.78 is 29.1. The molecule has 0 aliphatic carbocycles. The van der Waals surface area contributed by atoms with E-state index in [0.29, 0.717) is 13.1 Å². The molecule has 2 heterocycles. The van der Waals surface area contributed by atoms with Gasteiger partial charge in [0.25, 0.3) is 0 Å². The van der Waals surface area contributed by atoms with E-state index in [-0.39, 0.29) is 5.69 Å². The molecule has 0 fully saturated rings. The van der Waals surface area contributed by atoms with Gasteiger partial charge in [0.15, 0.2) is 5.82 Å². The van der Waals surface area contributed by atoms with Crippen LogP contribution in [0.3, 0.4) is 0 Å². The molecule has 2 aromatic heterocycles. The normalized spacial score (nSPS) is 11.0. The van der Waals surface area contributed by atoms with Crippen LogP contribution in [-0.2, 0) is 13.1 Å². The predicted octanol–water partition coefficient (Wildman–Crippen LogP) is 4.81. The van der Waals surface area contributed by atoms with Crippen LogP contribution in [0.15, 0.2) is 73.2 Å². The van der Waals surface area contributed by atoms with Crippen LogP contribution in [0.1, 0.15) is 16.7 Å². The summed E-state index contributed by atoms with van der Waals surface area (Å²) in [6, 6.07) is 15.3. The van der Waals surface area contributed by atoms with Gasteiger partial charge in [0.1, 0.15) is 11.5 Å². The highest BCUT2D eigenvalue weighted by molar-refractivity contribution is 5.66. The van der Waals surface area contributed by atoms with Crippen molar-refractivity contribution in [2.45, 2.75) is 20.0 Å². The third-order valence-electron chi connectivity index (χ3n) is 4.74. The molecule has 4 nitrogen and oxygen atoms in total.